The second-order valence-electron chi connectivity index (χ2n) is 5.89. The van der Waals surface area contributed by atoms with Gasteiger partial charge in [-0.15, -0.1) is 10.2 Å². The number of aromatic amines is 1. The molecule has 1 aliphatic rings. The molecule has 5 nitrogen and oxygen atoms in total. The molecule has 108 valence electrons. The highest BCUT2D eigenvalue weighted by Crippen LogP contribution is 2.26. The summed E-state index contributed by atoms with van der Waals surface area (Å²) in [4.78, 5) is 5.87. The number of fused-ring (bicyclic) bond motifs is 1. The molecular formula is C16H19N5. The zero-order valence-electron chi connectivity index (χ0n) is 12.2. The lowest BCUT2D eigenvalue weighted by Crippen LogP contribution is -2.26. The molecule has 1 fully saturated rings. The summed E-state index contributed by atoms with van der Waals surface area (Å²) in [7, 11) is 2.23. The number of likely N-dealkylation sites (N-methyl/N-ethyl adjacent to an activating group) is 1. The van der Waals surface area contributed by atoms with Crippen LogP contribution < -0.4 is 0 Å². The van der Waals surface area contributed by atoms with E-state index in [1.165, 1.54) is 35.9 Å². The molecule has 0 saturated carbocycles. The van der Waals surface area contributed by atoms with Gasteiger partial charge in [-0.3, -0.25) is 4.57 Å². The normalized spacial score (nSPS) is 19.6. The Hall–Kier alpha value is -2.14. The van der Waals surface area contributed by atoms with Crippen LogP contribution in [0.2, 0.25) is 0 Å². The molecular weight excluding hydrogens is 262 g/mol. The van der Waals surface area contributed by atoms with E-state index in [0.717, 1.165) is 12.1 Å². The number of hydrogen-bond donors (Lipinski definition) is 1. The molecule has 0 spiro atoms. The highest BCUT2D eigenvalue weighted by atomic mass is 15.2. The second kappa shape index (κ2) is 5.00. The highest BCUT2D eigenvalue weighted by Gasteiger charge is 2.22. The smallest absolute Gasteiger partial charge is 0.123 e. The van der Waals surface area contributed by atoms with Crippen LogP contribution in [-0.2, 0) is 6.42 Å². The molecule has 1 unspecified atom stereocenters. The molecule has 0 aliphatic carbocycles. The summed E-state index contributed by atoms with van der Waals surface area (Å²) in [5, 5.41) is 9.07. The quantitative estimate of drug-likeness (QED) is 0.802. The molecule has 3 heterocycles. The van der Waals surface area contributed by atoms with Gasteiger partial charge in [-0.1, -0.05) is 0 Å². The van der Waals surface area contributed by atoms with Gasteiger partial charge in [0, 0.05) is 28.8 Å². The minimum atomic E-state index is 0.669. The van der Waals surface area contributed by atoms with Crippen LogP contribution in [0.3, 0.4) is 0 Å². The van der Waals surface area contributed by atoms with Crippen molar-refractivity contribution in [3.63, 3.8) is 0 Å². The Morgan fingerprint density at radius 3 is 2.90 bits per heavy atom. The summed E-state index contributed by atoms with van der Waals surface area (Å²) in [5.41, 5.74) is 3.70. The van der Waals surface area contributed by atoms with Crippen molar-refractivity contribution in [1.82, 2.24) is 24.6 Å². The summed E-state index contributed by atoms with van der Waals surface area (Å²) >= 11 is 0. The molecule has 0 amide bonds. The standard InChI is InChI=1S/C16H19N5/c1-20-6-2-3-13(20)7-12-9-17-16-5-4-14(8-15(12)16)21-10-18-19-11-21/h4-5,8-11,13,17H,2-3,6-7H2,1H3. The first-order valence-electron chi connectivity index (χ1n) is 7.46. The van der Waals surface area contributed by atoms with Crippen molar-refractivity contribution in [3.05, 3.63) is 42.6 Å². The average Bonchev–Trinajstić information content (AvgIpc) is 3.22. The van der Waals surface area contributed by atoms with Gasteiger partial charge in [0.2, 0.25) is 0 Å². The van der Waals surface area contributed by atoms with Gasteiger partial charge in [0.05, 0.1) is 0 Å². The van der Waals surface area contributed by atoms with Crippen LogP contribution in [0.1, 0.15) is 18.4 Å². The van der Waals surface area contributed by atoms with Crippen molar-refractivity contribution in [2.45, 2.75) is 25.3 Å². The van der Waals surface area contributed by atoms with Gasteiger partial charge in [-0.05, 0) is 56.6 Å². The van der Waals surface area contributed by atoms with Crippen LogP contribution >= 0.6 is 0 Å². The third kappa shape index (κ3) is 2.23. The van der Waals surface area contributed by atoms with E-state index in [1.54, 1.807) is 12.7 Å². The molecule has 1 aromatic carbocycles. The zero-order chi connectivity index (χ0) is 14.2. The van der Waals surface area contributed by atoms with Crippen molar-refractivity contribution in [3.8, 4) is 5.69 Å². The predicted octanol–water partition coefficient (Wildman–Crippen LogP) is 2.39. The number of benzene rings is 1. The third-order valence-corrected chi connectivity index (χ3v) is 4.59. The lowest BCUT2D eigenvalue weighted by Gasteiger charge is -2.18. The van der Waals surface area contributed by atoms with Gasteiger partial charge < -0.3 is 9.88 Å². The lowest BCUT2D eigenvalue weighted by atomic mass is 10.0. The Bertz CT molecular complexity index is 743. The summed E-state index contributed by atoms with van der Waals surface area (Å²) in [5.74, 6) is 0. The molecule has 1 saturated heterocycles. The lowest BCUT2D eigenvalue weighted by molar-refractivity contribution is 0.310. The minimum Gasteiger partial charge on any atom is -0.361 e. The van der Waals surface area contributed by atoms with Gasteiger partial charge in [0.1, 0.15) is 12.7 Å². The Labute approximate surface area is 123 Å². The molecule has 5 heteroatoms. The first-order valence-corrected chi connectivity index (χ1v) is 7.46. The number of aromatic nitrogens is 4. The summed E-state index contributed by atoms with van der Waals surface area (Å²) in [6, 6.07) is 7.11. The fraction of sp³-hybridized carbons (Fsp3) is 0.375. The second-order valence-corrected chi connectivity index (χ2v) is 5.89. The Kier molecular flexibility index (Phi) is 3.00. The van der Waals surface area contributed by atoms with Crippen LogP contribution in [0.4, 0.5) is 0 Å². The van der Waals surface area contributed by atoms with Crippen molar-refractivity contribution in [2.24, 2.45) is 0 Å². The number of likely N-dealkylation sites (tertiary alicyclic amines) is 1. The van der Waals surface area contributed by atoms with E-state index in [2.05, 4.69) is 51.5 Å². The Balaban J connectivity index is 1.70. The monoisotopic (exact) mass is 281 g/mol. The van der Waals surface area contributed by atoms with Crippen molar-refractivity contribution in [1.29, 1.82) is 0 Å². The molecule has 2 aromatic heterocycles. The number of H-pyrrole nitrogens is 1. The van der Waals surface area contributed by atoms with Crippen molar-refractivity contribution in [2.75, 3.05) is 13.6 Å². The van der Waals surface area contributed by atoms with Gasteiger partial charge in [0.15, 0.2) is 0 Å². The van der Waals surface area contributed by atoms with E-state index in [9.17, 15) is 0 Å². The number of hydrogen-bond acceptors (Lipinski definition) is 3. The van der Waals surface area contributed by atoms with Gasteiger partial charge in [0.25, 0.3) is 0 Å². The maximum atomic E-state index is 3.88. The average molecular weight is 281 g/mol. The van der Waals surface area contributed by atoms with Gasteiger partial charge in [-0.2, -0.15) is 0 Å². The van der Waals surface area contributed by atoms with Gasteiger partial charge in [-0.25, -0.2) is 0 Å². The first-order chi connectivity index (χ1) is 10.3. The number of nitrogens with one attached hydrogen (secondary N) is 1. The first kappa shape index (κ1) is 12.6. The van der Waals surface area contributed by atoms with Crippen molar-refractivity contribution >= 4 is 10.9 Å². The molecule has 0 radical (unpaired) electrons. The van der Waals surface area contributed by atoms with Gasteiger partial charge >= 0.3 is 0 Å². The van der Waals surface area contributed by atoms with Crippen LogP contribution in [-0.4, -0.2) is 44.3 Å². The summed E-state index contributed by atoms with van der Waals surface area (Å²) in [6.07, 6.45) is 9.36. The molecule has 21 heavy (non-hydrogen) atoms. The summed E-state index contributed by atoms with van der Waals surface area (Å²) < 4.78 is 1.94. The van der Waals surface area contributed by atoms with E-state index in [1.807, 2.05) is 4.57 Å². The Morgan fingerprint density at radius 2 is 2.14 bits per heavy atom. The third-order valence-electron chi connectivity index (χ3n) is 4.59. The van der Waals surface area contributed by atoms with E-state index in [-0.39, 0.29) is 0 Å². The molecule has 0 bridgehead atoms. The zero-order valence-corrected chi connectivity index (χ0v) is 12.2. The fourth-order valence-corrected chi connectivity index (χ4v) is 3.32. The molecule has 1 atom stereocenters. The van der Waals surface area contributed by atoms with Crippen LogP contribution in [0.15, 0.2) is 37.1 Å². The molecule has 1 N–H and O–H groups in total. The van der Waals surface area contributed by atoms with E-state index >= 15 is 0 Å². The van der Waals surface area contributed by atoms with Crippen LogP contribution in [0, 0.1) is 0 Å². The minimum absolute atomic E-state index is 0.669. The van der Waals surface area contributed by atoms with Crippen LogP contribution in [0.5, 0.6) is 0 Å². The predicted molar refractivity (Wildman–Crippen MR) is 82.6 cm³/mol. The maximum Gasteiger partial charge on any atom is 0.123 e. The molecule has 3 aromatic rings. The topological polar surface area (TPSA) is 49.7 Å². The number of rotatable bonds is 3. The van der Waals surface area contributed by atoms with E-state index in [4.69, 9.17) is 0 Å². The van der Waals surface area contributed by atoms with E-state index < -0.39 is 0 Å². The largest absolute Gasteiger partial charge is 0.361 e. The highest BCUT2D eigenvalue weighted by molar-refractivity contribution is 5.85. The maximum absolute atomic E-state index is 3.88. The SMILES string of the molecule is CN1CCCC1Cc1c[nH]c2ccc(-n3cnnc3)cc12. The van der Waals surface area contributed by atoms with E-state index in [0.29, 0.717) is 6.04 Å². The fourth-order valence-electron chi connectivity index (χ4n) is 3.32. The van der Waals surface area contributed by atoms with Crippen molar-refractivity contribution < 1.29 is 0 Å². The Morgan fingerprint density at radius 1 is 1.29 bits per heavy atom. The van der Waals surface area contributed by atoms with Crippen LogP contribution in [0.25, 0.3) is 16.6 Å². The number of nitrogens with zero attached hydrogens (tertiary/aromatic N) is 4. The summed E-state index contributed by atoms with van der Waals surface area (Å²) in [6.45, 7) is 1.22. The molecule has 4 rings (SSSR count). The molecule has 1 aliphatic heterocycles.